The lowest BCUT2D eigenvalue weighted by Gasteiger charge is -2.16. The summed E-state index contributed by atoms with van der Waals surface area (Å²) < 4.78 is 67.2. The molecule has 0 radical (unpaired) electrons. The summed E-state index contributed by atoms with van der Waals surface area (Å²) in [6.07, 6.45) is -4.55. The lowest BCUT2D eigenvalue weighted by Crippen LogP contribution is -2.34. The molecule has 0 aromatic heterocycles. The van der Waals surface area contributed by atoms with Gasteiger partial charge >= 0.3 is 12.1 Å². The molecule has 1 rings (SSSR count). The number of hydrogen-bond acceptors (Lipinski definition) is 4. The molecule has 9 heteroatoms. The van der Waals surface area contributed by atoms with Gasteiger partial charge in [-0.2, -0.15) is 17.5 Å². The number of benzene rings is 1. The number of rotatable bonds is 6. The third kappa shape index (κ3) is 5.30. The van der Waals surface area contributed by atoms with E-state index in [9.17, 15) is 26.4 Å². The van der Waals surface area contributed by atoms with Crippen molar-refractivity contribution in [3.05, 3.63) is 35.4 Å². The molecule has 0 heterocycles. The zero-order valence-electron chi connectivity index (χ0n) is 12.1. The van der Waals surface area contributed by atoms with Crippen molar-refractivity contribution in [2.75, 3.05) is 20.2 Å². The number of sulfonamides is 1. The van der Waals surface area contributed by atoms with Crippen molar-refractivity contribution in [2.45, 2.75) is 18.9 Å². The average Bonchev–Trinajstić information content (AvgIpc) is 2.37. The number of esters is 1. The van der Waals surface area contributed by atoms with Crippen molar-refractivity contribution in [1.29, 1.82) is 0 Å². The summed E-state index contributed by atoms with van der Waals surface area (Å²) in [6.45, 7) is 1.20. The molecule has 0 aliphatic heterocycles. The fourth-order valence-electron chi connectivity index (χ4n) is 1.65. The Labute approximate surface area is 126 Å². The van der Waals surface area contributed by atoms with Crippen LogP contribution in [0.2, 0.25) is 0 Å². The van der Waals surface area contributed by atoms with E-state index in [1.165, 1.54) is 13.1 Å². The van der Waals surface area contributed by atoms with Gasteiger partial charge < -0.3 is 4.74 Å². The molecule has 0 aliphatic rings. The molecular weight excluding hydrogens is 323 g/mol. The first-order valence-corrected chi connectivity index (χ1v) is 7.93. The molecule has 22 heavy (non-hydrogen) atoms. The van der Waals surface area contributed by atoms with Crippen molar-refractivity contribution in [3.63, 3.8) is 0 Å². The van der Waals surface area contributed by atoms with E-state index in [0.29, 0.717) is 0 Å². The quantitative estimate of drug-likeness (QED) is 0.744. The molecule has 0 aliphatic carbocycles. The van der Waals surface area contributed by atoms with Gasteiger partial charge in [0.05, 0.1) is 17.9 Å². The molecule has 0 unspecified atom stereocenters. The molecule has 0 spiro atoms. The Kier molecular flexibility index (Phi) is 5.95. The summed E-state index contributed by atoms with van der Waals surface area (Å²) in [4.78, 5) is 11.3. The monoisotopic (exact) mass is 339 g/mol. The van der Waals surface area contributed by atoms with Gasteiger partial charge in [-0.3, -0.25) is 4.79 Å². The predicted molar refractivity (Wildman–Crippen MR) is 73.3 cm³/mol. The maximum Gasteiger partial charge on any atom is 0.416 e. The third-order valence-electron chi connectivity index (χ3n) is 2.74. The molecule has 0 atom stereocenters. The van der Waals surface area contributed by atoms with Gasteiger partial charge in [0.2, 0.25) is 10.0 Å². The molecular formula is C13H16F3NO4S. The molecule has 0 amide bonds. The van der Waals surface area contributed by atoms with E-state index in [-0.39, 0.29) is 12.2 Å². The number of alkyl halides is 3. The molecule has 0 N–H and O–H groups in total. The van der Waals surface area contributed by atoms with Crippen LogP contribution in [-0.4, -0.2) is 38.9 Å². The zero-order valence-corrected chi connectivity index (χ0v) is 12.9. The third-order valence-corrected chi connectivity index (χ3v) is 4.51. The number of carbonyl (C=O) groups excluding carboxylic acids is 1. The van der Waals surface area contributed by atoms with Gasteiger partial charge in [0.25, 0.3) is 0 Å². The first kappa shape index (κ1) is 18.4. The van der Waals surface area contributed by atoms with Gasteiger partial charge in [-0.25, -0.2) is 8.42 Å². The lowest BCUT2D eigenvalue weighted by molar-refractivity contribution is -0.143. The summed E-state index contributed by atoms with van der Waals surface area (Å²) >= 11 is 0. The minimum atomic E-state index is -4.55. The van der Waals surface area contributed by atoms with Crippen LogP contribution >= 0.6 is 0 Å². The van der Waals surface area contributed by atoms with Crippen LogP contribution in [0.3, 0.4) is 0 Å². The highest BCUT2D eigenvalue weighted by atomic mass is 32.2. The lowest BCUT2D eigenvalue weighted by atomic mass is 10.1. The first-order chi connectivity index (χ1) is 10.1. The fourth-order valence-corrected chi connectivity index (χ4v) is 2.77. The number of halogens is 3. The number of hydrogen-bond donors (Lipinski definition) is 0. The van der Waals surface area contributed by atoms with Gasteiger partial charge in [-0.15, -0.1) is 0 Å². The van der Waals surface area contributed by atoms with E-state index < -0.39 is 40.0 Å². The van der Waals surface area contributed by atoms with E-state index in [1.54, 1.807) is 6.92 Å². The van der Waals surface area contributed by atoms with Crippen LogP contribution in [0.1, 0.15) is 18.1 Å². The number of ether oxygens (including phenoxy) is 1. The minimum absolute atomic E-state index is 0.00876. The SMILES string of the molecule is CCOC(=O)CN(C)S(=O)(=O)Cc1cccc(C(F)(F)F)c1. The Hall–Kier alpha value is -1.61. The molecule has 0 saturated carbocycles. The normalized spacial score (nSPS) is 12.5. The standard InChI is InChI=1S/C13H16F3NO4S/c1-3-21-12(18)8-17(2)22(19,20)9-10-5-4-6-11(7-10)13(14,15)16/h4-7H,3,8-9H2,1-2H3. The van der Waals surface area contributed by atoms with Crippen molar-refractivity contribution in [1.82, 2.24) is 4.31 Å². The Morgan fingerprint density at radius 3 is 2.50 bits per heavy atom. The molecule has 0 saturated heterocycles. The summed E-state index contributed by atoms with van der Waals surface area (Å²) in [7, 11) is -2.76. The molecule has 1 aromatic rings. The second-order valence-electron chi connectivity index (χ2n) is 4.52. The molecule has 124 valence electrons. The Bertz CT molecular complexity index is 628. The molecule has 5 nitrogen and oxygen atoms in total. The van der Waals surface area contributed by atoms with Crippen LogP contribution in [0.15, 0.2) is 24.3 Å². The van der Waals surface area contributed by atoms with Gasteiger partial charge in [0, 0.05) is 7.05 Å². The highest BCUT2D eigenvalue weighted by Gasteiger charge is 2.31. The number of likely N-dealkylation sites (N-methyl/N-ethyl adjacent to an activating group) is 1. The highest BCUT2D eigenvalue weighted by Crippen LogP contribution is 2.29. The molecule has 0 fully saturated rings. The minimum Gasteiger partial charge on any atom is -0.465 e. The Morgan fingerprint density at radius 1 is 1.32 bits per heavy atom. The number of carbonyl (C=O) groups is 1. The maximum absolute atomic E-state index is 12.6. The van der Waals surface area contributed by atoms with E-state index in [0.717, 1.165) is 22.5 Å². The van der Waals surface area contributed by atoms with Crippen molar-refractivity contribution < 1.29 is 31.1 Å². The Morgan fingerprint density at radius 2 is 1.95 bits per heavy atom. The summed E-state index contributed by atoms with van der Waals surface area (Å²) in [5.41, 5.74) is -0.932. The summed E-state index contributed by atoms with van der Waals surface area (Å²) in [6, 6.07) is 4.05. The van der Waals surface area contributed by atoms with E-state index in [2.05, 4.69) is 4.74 Å². The predicted octanol–water partition coefficient (Wildman–Crippen LogP) is 2.03. The van der Waals surface area contributed by atoms with Gasteiger partial charge in [-0.05, 0) is 18.6 Å². The summed E-state index contributed by atoms with van der Waals surface area (Å²) in [5.74, 6) is -1.36. The van der Waals surface area contributed by atoms with E-state index >= 15 is 0 Å². The van der Waals surface area contributed by atoms with Crippen LogP contribution < -0.4 is 0 Å². The smallest absolute Gasteiger partial charge is 0.416 e. The van der Waals surface area contributed by atoms with Crippen molar-refractivity contribution in [2.24, 2.45) is 0 Å². The van der Waals surface area contributed by atoms with Gasteiger partial charge in [0.15, 0.2) is 0 Å². The zero-order chi connectivity index (χ0) is 17.0. The Balaban J connectivity index is 2.86. The van der Waals surface area contributed by atoms with Crippen LogP contribution in [0.4, 0.5) is 13.2 Å². The maximum atomic E-state index is 12.6. The largest absolute Gasteiger partial charge is 0.465 e. The molecule has 1 aromatic carbocycles. The average molecular weight is 339 g/mol. The van der Waals surface area contributed by atoms with Crippen LogP contribution in [0.25, 0.3) is 0 Å². The fraction of sp³-hybridized carbons (Fsp3) is 0.462. The van der Waals surface area contributed by atoms with E-state index in [1.807, 2.05) is 0 Å². The van der Waals surface area contributed by atoms with Crippen molar-refractivity contribution in [3.8, 4) is 0 Å². The first-order valence-electron chi connectivity index (χ1n) is 6.32. The summed E-state index contributed by atoms with van der Waals surface area (Å²) in [5, 5.41) is 0. The van der Waals surface area contributed by atoms with Crippen molar-refractivity contribution >= 4 is 16.0 Å². The second kappa shape index (κ2) is 7.10. The highest BCUT2D eigenvalue weighted by molar-refractivity contribution is 7.88. The van der Waals surface area contributed by atoms with Gasteiger partial charge in [-0.1, -0.05) is 18.2 Å². The molecule has 0 bridgehead atoms. The topological polar surface area (TPSA) is 63.7 Å². The van der Waals surface area contributed by atoms with Crippen LogP contribution in [-0.2, 0) is 31.5 Å². The van der Waals surface area contributed by atoms with Crippen LogP contribution in [0, 0.1) is 0 Å². The number of nitrogens with zero attached hydrogens (tertiary/aromatic N) is 1. The van der Waals surface area contributed by atoms with E-state index in [4.69, 9.17) is 0 Å². The second-order valence-corrected chi connectivity index (χ2v) is 6.59. The van der Waals surface area contributed by atoms with Crippen LogP contribution in [0.5, 0.6) is 0 Å². The van der Waals surface area contributed by atoms with Gasteiger partial charge in [0.1, 0.15) is 6.54 Å².